The van der Waals surface area contributed by atoms with E-state index in [1.165, 1.54) is 6.42 Å². The van der Waals surface area contributed by atoms with Gasteiger partial charge in [-0.05, 0) is 44.9 Å². The molecule has 1 aliphatic carbocycles. The molecular formula is C17H23N3O2. The van der Waals surface area contributed by atoms with Gasteiger partial charge < -0.3 is 15.4 Å². The number of benzene rings is 1. The van der Waals surface area contributed by atoms with Gasteiger partial charge in [-0.15, -0.1) is 0 Å². The highest BCUT2D eigenvalue weighted by Gasteiger charge is 2.17. The summed E-state index contributed by atoms with van der Waals surface area (Å²) in [6.07, 6.45) is 5.63. The number of hydrogen-bond acceptors (Lipinski definition) is 3. The van der Waals surface area contributed by atoms with Crippen molar-refractivity contribution in [3.05, 3.63) is 23.8 Å². The van der Waals surface area contributed by atoms with E-state index < -0.39 is 0 Å². The number of amides is 2. The van der Waals surface area contributed by atoms with Gasteiger partial charge in [0.05, 0.1) is 23.4 Å². The molecule has 1 aliphatic rings. The van der Waals surface area contributed by atoms with Crippen LogP contribution in [0.2, 0.25) is 0 Å². The van der Waals surface area contributed by atoms with Crippen molar-refractivity contribution in [2.45, 2.75) is 58.1 Å². The minimum atomic E-state index is -0.240. The molecule has 5 heteroatoms. The fourth-order valence-electron chi connectivity index (χ4n) is 2.64. The lowest BCUT2D eigenvalue weighted by molar-refractivity contribution is 0.239. The second kappa shape index (κ2) is 7.69. The van der Waals surface area contributed by atoms with Crippen LogP contribution in [-0.2, 0) is 0 Å². The van der Waals surface area contributed by atoms with Gasteiger partial charge in [0.15, 0.2) is 0 Å². The summed E-state index contributed by atoms with van der Waals surface area (Å²) in [7, 11) is 0. The molecule has 1 saturated carbocycles. The summed E-state index contributed by atoms with van der Waals surface area (Å²) in [4.78, 5) is 12.2. The maximum absolute atomic E-state index is 12.2. The van der Waals surface area contributed by atoms with Crippen LogP contribution in [-0.4, -0.2) is 18.2 Å². The summed E-state index contributed by atoms with van der Waals surface area (Å²) >= 11 is 0. The Kier molecular flexibility index (Phi) is 5.65. The lowest BCUT2D eigenvalue weighted by atomic mass is 9.96. The number of carbonyl (C=O) groups excluding carboxylic acids is 1. The van der Waals surface area contributed by atoms with Crippen LogP contribution in [0.3, 0.4) is 0 Å². The van der Waals surface area contributed by atoms with Crippen LogP contribution in [0.25, 0.3) is 0 Å². The number of carbonyl (C=O) groups is 1. The molecule has 2 N–H and O–H groups in total. The molecule has 0 aromatic heterocycles. The van der Waals surface area contributed by atoms with Gasteiger partial charge >= 0.3 is 6.03 Å². The summed E-state index contributed by atoms with van der Waals surface area (Å²) in [6.45, 7) is 3.84. The van der Waals surface area contributed by atoms with Gasteiger partial charge in [0.2, 0.25) is 0 Å². The molecule has 0 atom stereocenters. The highest BCUT2D eigenvalue weighted by Crippen LogP contribution is 2.27. The minimum Gasteiger partial charge on any atom is -0.489 e. The van der Waals surface area contributed by atoms with Crippen molar-refractivity contribution >= 4 is 11.7 Å². The van der Waals surface area contributed by atoms with Gasteiger partial charge in [-0.2, -0.15) is 5.26 Å². The Bertz CT molecular complexity index is 558. The number of hydrogen-bond donors (Lipinski definition) is 2. The predicted molar refractivity (Wildman–Crippen MR) is 85.9 cm³/mol. The maximum Gasteiger partial charge on any atom is 0.319 e. The molecule has 22 heavy (non-hydrogen) atoms. The van der Waals surface area contributed by atoms with Gasteiger partial charge in [-0.3, -0.25) is 0 Å². The van der Waals surface area contributed by atoms with E-state index >= 15 is 0 Å². The van der Waals surface area contributed by atoms with Crippen LogP contribution in [0.1, 0.15) is 51.5 Å². The van der Waals surface area contributed by atoms with Crippen LogP contribution >= 0.6 is 0 Å². The first-order chi connectivity index (χ1) is 10.6. The van der Waals surface area contributed by atoms with Gasteiger partial charge in [0, 0.05) is 6.04 Å². The van der Waals surface area contributed by atoms with E-state index in [2.05, 4.69) is 16.7 Å². The monoisotopic (exact) mass is 301 g/mol. The molecule has 0 spiro atoms. The molecule has 0 bridgehead atoms. The van der Waals surface area contributed by atoms with Crippen LogP contribution in [0.15, 0.2) is 18.2 Å². The fourth-order valence-corrected chi connectivity index (χ4v) is 2.64. The minimum absolute atomic E-state index is 0.00473. The Labute approximate surface area is 131 Å². The number of nitriles is 1. The highest BCUT2D eigenvalue weighted by atomic mass is 16.5. The number of nitrogens with one attached hydrogen (secondary N) is 2. The lowest BCUT2D eigenvalue weighted by Gasteiger charge is -2.23. The smallest absolute Gasteiger partial charge is 0.319 e. The first-order valence-electron chi connectivity index (χ1n) is 7.87. The van der Waals surface area contributed by atoms with Crippen molar-refractivity contribution in [3.8, 4) is 11.8 Å². The zero-order chi connectivity index (χ0) is 15.9. The Morgan fingerprint density at radius 3 is 2.68 bits per heavy atom. The van der Waals surface area contributed by atoms with E-state index in [4.69, 9.17) is 10.00 Å². The molecule has 5 nitrogen and oxygen atoms in total. The zero-order valence-electron chi connectivity index (χ0n) is 13.2. The van der Waals surface area contributed by atoms with Crippen molar-refractivity contribution in [1.82, 2.24) is 5.32 Å². The van der Waals surface area contributed by atoms with Crippen molar-refractivity contribution in [3.63, 3.8) is 0 Å². The molecule has 0 saturated heterocycles. The molecule has 0 aliphatic heterocycles. The fraction of sp³-hybridized carbons (Fsp3) is 0.529. The molecule has 118 valence electrons. The number of nitrogens with zero attached hydrogens (tertiary/aromatic N) is 1. The largest absolute Gasteiger partial charge is 0.489 e. The van der Waals surface area contributed by atoms with Crippen molar-refractivity contribution in [2.75, 3.05) is 5.32 Å². The van der Waals surface area contributed by atoms with Gasteiger partial charge in [0.1, 0.15) is 5.75 Å². The Morgan fingerprint density at radius 1 is 1.32 bits per heavy atom. The second-order valence-electron chi connectivity index (χ2n) is 5.92. The summed E-state index contributed by atoms with van der Waals surface area (Å²) in [5, 5.41) is 14.8. The molecule has 0 heterocycles. The van der Waals surface area contributed by atoms with Crippen LogP contribution in [0.4, 0.5) is 10.5 Å². The summed E-state index contributed by atoms with van der Waals surface area (Å²) in [5.41, 5.74) is 1.02. The number of urea groups is 1. The molecule has 1 aromatic carbocycles. The third-order valence-corrected chi connectivity index (χ3v) is 3.66. The van der Waals surface area contributed by atoms with Crippen LogP contribution < -0.4 is 15.4 Å². The van der Waals surface area contributed by atoms with Crippen LogP contribution in [0.5, 0.6) is 5.75 Å². The third-order valence-electron chi connectivity index (χ3n) is 3.66. The summed E-state index contributed by atoms with van der Waals surface area (Å²) in [5.74, 6) is 0.577. The normalized spacial score (nSPS) is 15.2. The first kappa shape index (κ1) is 16.2. The van der Waals surface area contributed by atoms with Crippen molar-refractivity contribution < 1.29 is 9.53 Å². The van der Waals surface area contributed by atoms with E-state index in [0.29, 0.717) is 17.0 Å². The Morgan fingerprint density at radius 2 is 2.05 bits per heavy atom. The molecule has 0 radical (unpaired) electrons. The summed E-state index contributed by atoms with van der Waals surface area (Å²) < 4.78 is 5.68. The standard InChI is InChI=1S/C17H23N3O2/c1-12(2)22-16-9-8-13(11-18)10-15(16)20-17(21)19-14-6-4-3-5-7-14/h8-10,12,14H,3-7H2,1-2H3,(H2,19,20,21). The zero-order valence-corrected chi connectivity index (χ0v) is 13.2. The van der Waals surface area contributed by atoms with Crippen molar-refractivity contribution in [1.29, 1.82) is 5.26 Å². The molecule has 1 aromatic rings. The average molecular weight is 301 g/mol. The SMILES string of the molecule is CC(C)Oc1ccc(C#N)cc1NC(=O)NC1CCCCC1. The summed E-state index contributed by atoms with van der Waals surface area (Å²) in [6, 6.07) is 7.11. The molecular weight excluding hydrogens is 278 g/mol. The van der Waals surface area contributed by atoms with Gasteiger partial charge in [-0.25, -0.2) is 4.79 Å². The van der Waals surface area contributed by atoms with Crippen LogP contribution in [0, 0.1) is 11.3 Å². The Balaban J connectivity index is 2.05. The van der Waals surface area contributed by atoms with E-state index in [0.717, 1.165) is 25.7 Å². The van der Waals surface area contributed by atoms with E-state index in [-0.39, 0.29) is 18.2 Å². The van der Waals surface area contributed by atoms with Gasteiger partial charge in [-0.1, -0.05) is 19.3 Å². The molecule has 1 fully saturated rings. The second-order valence-corrected chi connectivity index (χ2v) is 5.92. The average Bonchev–Trinajstić information content (AvgIpc) is 2.49. The van der Waals surface area contributed by atoms with Gasteiger partial charge in [0.25, 0.3) is 0 Å². The molecule has 0 unspecified atom stereocenters. The number of rotatable bonds is 4. The molecule has 2 amide bonds. The highest BCUT2D eigenvalue weighted by molar-refractivity contribution is 5.91. The first-order valence-corrected chi connectivity index (χ1v) is 7.87. The maximum atomic E-state index is 12.2. The quantitative estimate of drug-likeness (QED) is 0.888. The lowest BCUT2D eigenvalue weighted by Crippen LogP contribution is -2.39. The molecule has 2 rings (SSSR count). The third kappa shape index (κ3) is 4.66. The van der Waals surface area contributed by atoms with E-state index in [1.54, 1.807) is 18.2 Å². The predicted octanol–water partition coefficient (Wildman–Crippen LogP) is 3.80. The van der Waals surface area contributed by atoms with E-state index in [1.807, 2.05) is 13.8 Å². The number of anilines is 1. The number of ether oxygens (including phenoxy) is 1. The van der Waals surface area contributed by atoms with Crippen molar-refractivity contribution in [2.24, 2.45) is 0 Å². The Hall–Kier alpha value is -2.22. The van der Waals surface area contributed by atoms with E-state index in [9.17, 15) is 4.79 Å². The topological polar surface area (TPSA) is 74.1 Å².